The standard InChI is InChI=1S/C13H16N2O2S2/c1-10-8-12(2-3-13(10)14)19(16,17)15-6-4-11-5-7-18-9-11/h2-3,5,7-9,15H,4,6,14H2,1H3. The van der Waals surface area contributed by atoms with Crippen LogP contribution < -0.4 is 10.5 Å². The van der Waals surface area contributed by atoms with Gasteiger partial charge in [0.25, 0.3) is 0 Å². The molecule has 0 bridgehead atoms. The lowest BCUT2D eigenvalue weighted by Gasteiger charge is -2.08. The number of hydrogen-bond acceptors (Lipinski definition) is 4. The van der Waals surface area contributed by atoms with Gasteiger partial charge >= 0.3 is 0 Å². The Morgan fingerprint density at radius 3 is 2.74 bits per heavy atom. The van der Waals surface area contributed by atoms with E-state index >= 15 is 0 Å². The van der Waals surface area contributed by atoms with Crippen LogP contribution in [0.2, 0.25) is 0 Å². The molecule has 0 aliphatic rings. The Bertz CT molecular complexity index is 649. The van der Waals surface area contributed by atoms with E-state index in [0.717, 1.165) is 11.1 Å². The van der Waals surface area contributed by atoms with Crippen molar-refractivity contribution in [2.24, 2.45) is 0 Å². The molecule has 2 rings (SSSR count). The topological polar surface area (TPSA) is 72.2 Å². The Hall–Kier alpha value is -1.37. The molecule has 0 fully saturated rings. The summed E-state index contributed by atoms with van der Waals surface area (Å²) in [7, 11) is -3.45. The average molecular weight is 296 g/mol. The predicted molar refractivity (Wildman–Crippen MR) is 78.8 cm³/mol. The zero-order chi connectivity index (χ0) is 13.9. The number of anilines is 1. The normalized spacial score (nSPS) is 11.6. The Balaban J connectivity index is 2.03. The van der Waals surface area contributed by atoms with Crippen LogP contribution in [-0.2, 0) is 16.4 Å². The van der Waals surface area contributed by atoms with Gasteiger partial charge < -0.3 is 5.73 Å². The highest BCUT2D eigenvalue weighted by molar-refractivity contribution is 7.89. The zero-order valence-electron chi connectivity index (χ0n) is 10.6. The molecule has 0 atom stereocenters. The maximum absolute atomic E-state index is 12.1. The van der Waals surface area contributed by atoms with Gasteiger partial charge in [0.1, 0.15) is 0 Å². The first-order valence-electron chi connectivity index (χ1n) is 5.86. The van der Waals surface area contributed by atoms with Crippen molar-refractivity contribution in [2.75, 3.05) is 12.3 Å². The number of benzene rings is 1. The molecule has 0 amide bonds. The molecule has 3 N–H and O–H groups in total. The molecule has 0 aliphatic carbocycles. The highest BCUT2D eigenvalue weighted by Crippen LogP contribution is 2.16. The number of aryl methyl sites for hydroxylation is 1. The second-order valence-electron chi connectivity index (χ2n) is 4.30. The molecule has 102 valence electrons. The minimum atomic E-state index is -3.45. The number of thiophene rings is 1. The number of nitrogens with two attached hydrogens (primary N) is 1. The number of nitrogens with one attached hydrogen (secondary N) is 1. The molecular formula is C13H16N2O2S2. The minimum Gasteiger partial charge on any atom is -0.399 e. The second-order valence-corrected chi connectivity index (χ2v) is 6.84. The lowest BCUT2D eigenvalue weighted by Crippen LogP contribution is -2.26. The molecule has 0 aliphatic heterocycles. The Morgan fingerprint density at radius 2 is 2.11 bits per heavy atom. The highest BCUT2D eigenvalue weighted by atomic mass is 32.2. The number of sulfonamides is 1. The lowest BCUT2D eigenvalue weighted by molar-refractivity contribution is 0.581. The molecule has 0 saturated carbocycles. The molecule has 0 radical (unpaired) electrons. The van der Waals surface area contributed by atoms with E-state index < -0.39 is 10.0 Å². The fourth-order valence-corrected chi connectivity index (χ4v) is 3.48. The van der Waals surface area contributed by atoms with E-state index in [4.69, 9.17) is 5.73 Å². The Kier molecular flexibility index (Phi) is 4.24. The van der Waals surface area contributed by atoms with Gasteiger partial charge in [0.15, 0.2) is 0 Å². The van der Waals surface area contributed by atoms with Crippen molar-refractivity contribution in [3.63, 3.8) is 0 Å². The van der Waals surface area contributed by atoms with Crippen LogP contribution in [0, 0.1) is 6.92 Å². The van der Waals surface area contributed by atoms with E-state index in [0.29, 0.717) is 18.7 Å². The van der Waals surface area contributed by atoms with Gasteiger partial charge in [0.05, 0.1) is 4.90 Å². The van der Waals surface area contributed by atoms with Gasteiger partial charge in [0.2, 0.25) is 10.0 Å². The summed E-state index contributed by atoms with van der Waals surface area (Å²) in [6, 6.07) is 6.71. The first-order chi connectivity index (χ1) is 8.99. The largest absolute Gasteiger partial charge is 0.399 e. The molecule has 0 spiro atoms. The summed E-state index contributed by atoms with van der Waals surface area (Å²) >= 11 is 1.61. The van der Waals surface area contributed by atoms with Crippen LogP contribution in [0.1, 0.15) is 11.1 Å². The molecule has 6 heteroatoms. The third-order valence-corrected chi connectivity index (χ3v) is 5.03. The van der Waals surface area contributed by atoms with Crippen LogP contribution >= 0.6 is 11.3 Å². The first-order valence-corrected chi connectivity index (χ1v) is 8.28. The zero-order valence-corrected chi connectivity index (χ0v) is 12.2. The summed E-state index contributed by atoms with van der Waals surface area (Å²) in [6.45, 7) is 2.18. The van der Waals surface area contributed by atoms with Crippen molar-refractivity contribution in [1.82, 2.24) is 4.72 Å². The van der Waals surface area contributed by atoms with E-state index in [9.17, 15) is 8.42 Å². The quantitative estimate of drug-likeness (QED) is 0.831. The molecule has 0 saturated heterocycles. The van der Waals surface area contributed by atoms with E-state index in [1.54, 1.807) is 30.4 Å². The Morgan fingerprint density at radius 1 is 1.32 bits per heavy atom. The molecule has 2 aromatic rings. The molecule has 4 nitrogen and oxygen atoms in total. The van der Waals surface area contributed by atoms with Crippen LogP contribution in [0.5, 0.6) is 0 Å². The SMILES string of the molecule is Cc1cc(S(=O)(=O)NCCc2ccsc2)ccc1N. The third kappa shape index (κ3) is 3.56. The van der Waals surface area contributed by atoms with Crippen LogP contribution in [0.15, 0.2) is 39.9 Å². The van der Waals surface area contributed by atoms with Gasteiger partial charge in [-0.3, -0.25) is 0 Å². The minimum absolute atomic E-state index is 0.254. The number of nitrogen functional groups attached to an aromatic ring is 1. The van der Waals surface area contributed by atoms with Crippen LogP contribution in [0.25, 0.3) is 0 Å². The molecule has 0 unspecified atom stereocenters. The molecular weight excluding hydrogens is 280 g/mol. The van der Waals surface area contributed by atoms with Crippen LogP contribution in [-0.4, -0.2) is 15.0 Å². The van der Waals surface area contributed by atoms with Gasteiger partial charge in [-0.1, -0.05) is 0 Å². The van der Waals surface area contributed by atoms with Crippen LogP contribution in [0.4, 0.5) is 5.69 Å². The number of rotatable bonds is 5. The summed E-state index contributed by atoms with van der Waals surface area (Å²) < 4.78 is 26.7. The molecule has 19 heavy (non-hydrogen) atoms. The maximum atomic E-state index is 12.1. The van der Waals surface area contributed by atoms with Crippen molar-refractivity contribution in [3.8, 4) is 0 Å². The fourth-order valence-electron chi connectivity index (χ4n) is 1.66. The summed E-state index contributed by atoms with van der Waals surface area (Å²) in [5.41, 5.74) is 8.18. The summed E-state index contributed by atoms with van der Waals surface area (Å²) in [6.07, 6.45) is 0.691. The van der Waals surface area contributed by atoms with Crippen molar-refractivity contribution in [1.29, 1.82) is 0 Å². The van der Waals surface area contributed by atoms with Crippen molar-refractivity contribution < 1.29 is 8.42 Å². The monoisotopic (exact) mass is 296 g/mol. The fraction of sp³-hybridized carbons (Fsp3) is 0.231. The van der Waals surface area contributed by atoms with Gasteiger partial charge in [-0.2, -0.15) is 11.3 Å². The Labute approximate surface area is 117 Å². The van der Waals surface area contributed by atoms with Gasteiger partial charge in [-0.15, -0.1) is 0 Å². The summed E-state index contributed by atoms with van der Waals surface area (Å²) in [5, 5.41) is 3.99. The number of hydrogen-bond donors (Lipinski definition) is 2. The van der Waals surface area contributed by atoms with Crippen molar-refractivity contribution in [3.05, 3.63) is 46.2 Å². The van der Waals surface area contributed by atoms with Crippen LogP contribution in [0.3, 0.4) is 0 Å². The van der Waals surface area contributed by atoms with Crippen molar-refractivity contribution >= 4 is 27.0 Å². The van der Waals surface area contributed by atoms with E-state index in [-0.39, 0.29) is 4.90 Å². The predicted octanol–water partition coefficient (Wildman–Crippen LogP) is 2.16. The van der Waals surface area contributed by atoms with Gasteiger partial charge in [-0.25, -0.2) is 13.1 Å². The molecule has 1 aromatic heterocycles. The smallest absolute Gasteiger partial charge is 0.240 e. The molecule has 1 heterocycles. The maximum Gasteiger partial charge on any atom is 0.240 e. The highest BCUT2D eigenvalue weighted by Gasteiger charge is 2.14. The second kappa shape index (κ2) is 5.73. The third-order valence-electron chi connectivity index (χ3n) is 2.84. The summed E-state index contributed by atoms with van der Waals surface area (Å²) in [4.78, 5) is 0.254. The van der Waals surface area contributed by atoms with Crippen molar-refractivity contribution in [2.45, 2.75) is 18.2 Å². The molecule has 1 aromatic carbocycles. The van der Waals surface area contributed by atoms with Gasteiger partial charge in [0, 0.05) is 12.2 Å². The first kappa shape index (κ1) is 14.0. The van der Waals surface area contributed by atoms with E-state index in [2.05, 4.69) is 4.72 Å². The van der Waals surface area contributed by atoms with E-state index in [1.165, 1.54) is 6.07 Å². The van der Waals surface area contributed by atoms with E-state index in [1.807, 2.05) is 16.8 Å². The van der Waals surface area contributed by atoms with Gasteiger partial charge in [-0.05, 0) is 59.5 Å². The summed E-state index contributed by atoms with van der Waals surface area (Å²) in [5.74, 6) is 0. The average Bonchev–Trinajstić information content (AvgIpc) is 2.85. The lowest BCUT2D eigenvalue weighted by atomic mass is 10.2.